The molecule has 4 heteroatoms. The van der Waals surface area contributed by atoms with Gasteiger partial charge >= 0.3 is 6.09 Å². The maximum atomic E-state index is 11.8. The summed E-state index contributed by atoms with van der Waals surface area (Å²) in [4.78, 5) is 11.8. The van der Waals surface area contributed by atoms with Crippen LogP contribution in [0.2, 0.25) is 0 Å². The van der Waals surface area contributed by atoms with Crippen molar-refractivity contribution >= 4 is 11.8 Å². The maximum absolute atomic E-state index is 11.8. The molecule has 146 valence electrons. The van der Waals surface area contributed by atoms with Gasteiger partial charge in [-0.3, -0.25) is 0 Å². The molecule has 2 rings (SSSR count). The first-order chi connectivity index (χ1) is 12.8. The Morgan fingerprint density at radius 2 is 1.56 bits per heavy atom. The molecule has 0 fully saturated rings. The lowest BCUT2D eigenvalue weighted by atomic mass is 10.0. The van der Waals surface area contributed by atoms with Crippen LogP contribution < -0.4 is 10.6 Å². The van der Waals surface area contributed by atoms with Gasteiger partial charge in [-0.1, -0.05) is 49.7 Å². The van der Waals surface area contributed by atoms with Crippen LogP contribution >= 0.6 is 0 Å². The molecule has 1 amide bonds. The summed E-state index contributed by atoms with van der Waals surface area (Å²) in [6.45, 7) is 10.3. The van der Waals surface area contributed by atoms with Gasteiger partial charge in [0.2, 0.25) is 0 Å². The highest BCUT2D eigenvalue weighted by Gasteiger charge is 2.17. The Morgan fingerprint density at radius 1 is 1.00 bits per heavy atom. The predicted molar refractivity (Wildman–Crippen MR) is 113 cm³/mol. The standard InChI is InChI=1S/C23H32N2O2/c1-6-7-18-8-10-19(11-9-18)20-12-14-21(15-13-20)24-16-17(2)25-22(26)27-23(3,4)5/h8-15,17,24H,6-7,16H2,1-5H3,(H,25,26). The van der Waals surface area contributed by atoms with E-state index in [9.17, 15) is 4.79 Å². The Kier molecular flexibility index (Phi) is 7.28. The zero-order valence-corrected chi connectivity index (χ0v) is 17.1. The number of hydrogen-bond donors (Lipinski definition) is 2. The molecule has 0 aliphatic heterocycles. The lowest BCUT2D eigenvalue weighted by Crippen LogP contribution is -2.40. The average molecular weight is 369 g/mol. The fraction of sp³-hybridized carbons (Fsp3) is 0.435. The minimum atomic E-state index is -0.484. The summed E-state index contributed by atoms with van der Waals surface area (Å²) < 4.78 is 5.27. The summed E-state index contributed by atoms with van der Waals surface area (Å²) >= 11 is 0. The van der Waals surface area contributed by atoms with Gasteiger partial charge in [0.1, 0.15) is 5.60 Å². The van der Waals surface area contributed by atoms with Crippen LogP contribution in [0.3, 0.4) is 0 Å². The largest absolute Gasteiger partial charge is 0.444 e. The second-order valence-corrected chi connectivity index (χ2v) is 7.95. The molecule has 0 radical (unpaired) electrons. The van der Waals surface area contributed by atoms with E-state index in [4.69, 9.17) is 4.74 Å². The summed E-state index contributed by atoms with van der Waals surface area (Å²) in [5.74, 6) is 0. The van der Waals surface area contributed by atoms with E-state index in [0.29, 0.717) is 6.54 Å². The molecule has 0 heterocycles. The van der Waals surface area contributed by atoms with E-state index in [1.54, 1.807) is 0 Å². The van der Waals surface area contributed by atoms with E-state index in [-0.39, 0.29) is 6.04 Å². The molecule has 2 aromatic carbocycles. The molecule has 4 nitrogen and oxygen atoms in total. The highest BCUT2D eigenvalue weighted by molar-refractivity contribution is 5.68. The van der Waals surface area contributed by atoms with Crippen molar-refractivity contribution in [3.63, 3.8) is 0 Å². The predicted octanol–water partition coefficient (Wildman–Crippen LogP) is 5.63. The lowest BCUT2D eigenvalue weighted by molar-refractivity contribution is 0.0511. The van der Waals surface area contributed by atoms with Crippen LogP contribution in [-0.4, -0.2) is 24.3 Å². The van der Waals surface area contributed by atoms with Crippen LogP contribution in [-0.2, 0) is 11.2 Å². The van der Waals surface area contributed by atoms with Crippen molar-refractivity contribution in [2.24, 2.45) is 0 Å². The Morgan fingerprint density at radius 3 is 2.07 bits per heavy atom. The van der Waals surface area contributed by atoms with Crippen molar-refractivity contribution in [3.05, 3.63) is 54.1 Å². The third-order valence-electron chi connectivity index (χ3n) is 4.09. The van der Waals surface area contributed by atoms with Crippen LogP contribution in [0.5, 0.6) is 0 Å². The molecule has 0 aliphatic rings. The monoisotopic (exact) mass is 368 g/mol. The number of carbonyl (C=O) groups excluding carboxylic acids is 1. The number of benzene rings is 2. The topological polar surface area (TPSA) is 50.4 Å². The van der Waals surface area contributed by atoms with E-state index in [1.807, 2.05) is 27.7 Å². The molecule has 0 saturated carbocycles. The fourth-order valence-corrected chi connectivity index (χ4v) is 2.76. The van der Waals surface area contributed by atoms with E-state index in [1.165, 1.54) is 23.1 Å². The second-order valence-electron chi connectivity index (χ2n) is 7.95. The zero-order valence-electron chi connectivity index (χ0n) is 17.1. The summed E-state index contributed by atoms with van der Waals surface area (Å²) in [5, 5.41) is 6.18. The molecule has 0 aromatic heterocycles. The first-order valence-corrected chi connectivity index (χ1v) is 9.69. The van der Waals surface area contributed by atoms with Gasteiger partial charge in [0.05, 0.1) is 0 Å². The van der Waals surface area contributed by atoms with E-state index >= 15 is 0 Å². The van der Waals surface area contributed by atoms with Crippen molar-refractivity contribution < 1.29 is 9.53 Å². The molecule has 0 aliphatic carbocycles. The Bertz CT molecular complexity index is 716. The van der Waals surface area contributed by atoms with Gasteiger partial charge < -0.3 is 15.4 Å². The Labute approximate surface area is 163 Å². The van der Waals surface area contributed by atoms with E-state index < -0.39 is 11.7 Å². The third-order valence-corrected chi connectivity index (χ3v) is 4.09. The van der Waals surface area contributed by atoms with Crippen LogP contribution in [0.15, 0.2) is 48.5 Å². The van der Waals surface area contributed by atoms with Gasteiger partial charge in [0.15, 0.2) is 0 Å². The van der Waals surface area contributed by atoms with Gasteiger partial charge in [-0.15, -0.1) is 0 Å². The zero-order chi connectivity index (χ0) is 19.9. The van der Waals surface area contributed by atoms with Gasteiger partial charge in [-0.05, 0) is 62.9 Å². The van der Waals surface area contributed by atoms with Crippen LogP contribution in [0.4, 0.5) is 10.5 Å². The molecular weight excluding hydrogens is 336 g/mol. The van der Waals surface area contributed by atoms with Crippen molar-refractivity contribution in [1.29, 1.82) is 0 Å². The van der Waals surface area contributed by atoms with E-state index in [2.05, 4.69) is 66.1 Å². The number of nitrogens with one attached hydrogen (secondary N) is 2. The number of ether oxygens (including phenoxy) is 1. The lowest BCUT2D eigenvalue weighted by Gasteiger charge is -2.22. The van der Waals surface area contributed by atoms with Gasteiger partial charge in [0.25, 0.3) is 0 Å². The number of aryl methyl sites for hydroxylation is 1. The van der Waals surface area contributed by atoms with Crippen molar-refractivity contribution in [2.75, 3.05) is 11.9 Å². The number of hydrogen-bond acceptors (Lipinski definition) is 3. The number of anilines is 1. The molecule has 27 heavy (non-hydrogen) atoms. The van der Waals surface area contributed by atoms with Crippen molar-refractivity contribution in [1.82, 2.24) is 5.32 Å². The SMILES string of the molecule is CCCc1ccc(-c2ccc(NCC(C)NC(=O)OC(C)(C)C)cc2)cc1. The highest BCUT2D eigenvalue weighted by atomic mass is 16.6. The number of carbonyl (C=O) groups is 1. The molecular formula is C23H32N2O2. The van der Waals surface area contributed by atoms with Crippen LogP contribution in [0.25, 0.3) is 11.1 Å². The Hall–Kier alpha value is -2.49. The summed E-state index contributed by atoms with van der Waals surface area (Å²) in [6.07, 6.45) is 1.90. The normalized spacial score (nSPS) is 12.3. The number of amides is 1. The molecule has 0 bridgehead atoms. The number of rotatable bonds is 7. The summed E-state index contributed by atoms with van der Waals surface area (Å²) in [7, 11) is 0. The first kappa shape index (κ1) is 20.8. The molecule has 0 spiro atoms. The van der Waals surface area contributed by atoms with Gasteiger partial charge in [-0.2, -0.15) is 0 Å². The maximum Gasteiger partial charge on any atom is 0.407 e. The molecule has 2 N–H and O–H groups in total. The van der Waals surface area contributed by atoms with E-state index in [0.717, 1.165) is 12.1 Å². The van der Waals surface area contributed by atoms with Crippen molar-refractivity contribution in [3.8, 4) is 11.1 Å². The quantitative estimate of drug-likeness (QED) is 0.666. The smallest absolute Gasteiger partial charge is 0.407 e. The van der Waals surface area contributed by atoms with Crippen LogP contribution in [0, 0.1) is 0 Å². The second kappa shape index (κ2) is 9.45. The average Bonchev–Trinajstić information content (AvgIpc) is 2.60. The third kappa shape index (κ3) is 7.33. The van der Waals surface area contributed by atoms with Gasteiger partial charge in [0, 0.05) is 18.3 Å². The van der Waals surface area contributed by atoms with Crippen molar-refractivity contribution in [2.45, 2.75) is 59.1 Å². The van der Waals surface area contributed by atoms with Crippen LogP contribution in [0.1, 0.15) is 46.6 Å². The fourth-order valence-electron chi connectivity index (χ4n) is 2.76. The number of alkyl carbamates (subject to hydrolysis) is 1. The van der Waals surface area contributed by atoms with Gasteiger partial charge in [-0.25, -0.2) is 4.79 Å². The minimum absolute atomic E-state index is 0.0364. The molecule has 1 atom stereocenters. The molecule has 2 aromatic rings. The summed E-state index contributed by atoms with van der Waals surface area (Å²) in [6, 6.07) is 17.1. The highest BCUT2D eigenvalue weighted by Crippen LogP contribution is 2.22. The Balaban J connectivity index is 1.85. The molecule has 1 unspecified atom stereocenters. The minimum Gasteiger partial charge on any atom is -0.444 e. The molecule has 0 saturated heterocycles. The summed E-state index contributed by atoms with van der Waals surface area (Å²) in [5.41, 5.74) is 4.34. The first-order valence-electron chi connectivity index (χ1n) is 9.69.